The second-order valence-electron chi connectivity index (χ2n) is 6.73. The van der Waals surface area contributed by atoms with E-state index in [4.69, 9.17) is 21.1 Å². The van der Waals surface area contributed by atoms with Crippen LogP contribution in [0.15, 0.2) is 77.7 Å². The summed E-state index contributed by atoms with van der Waals surface area (Å²) in [7, 11) is -1.47. The Morgan fingerprint density at radius 2 is 1.64 bits per heavy atom. The minimum absolute atomic E-state index is 0.000276. The zero-order chi connectivity index (χ0) is 24.0. The van der Waals surface area contributed by atoms with E-state index in [0.717, 1.165) is 4.31 Å². The number of carbonyl (C=O) groups excluding carboxylic acids is 2. The van der Waals surface area contributed by atoms with Gasteiger partial charge in [-0.25, -0.2) is 13.2 Å². The molecular weight excluding hydrogens is 468 g/mol. The van der Waals surface area contributed by atoms with Crippen LogP contribution in [0.1, 0.15) is 10.4 Å². The number of nitrogens with one attached hydrogen (secondary N) is 1. The molecule has 0 atom stereocenters. The first-order valence-electron chi connectivity index (χ1n) is 9.66. The molecule has 172 valence electrons. The van der Waals surface area contributed by atoms with Gasteiger partial charge in [-0.1, -0.05) is 41.9 Å². The lowest BCUT2D eigenvalue weighted by Gasteiger charge is -2.24. The molecule has 3 aromatic rings. The number of hydrogen-bond donors (Lipinski definition) is 1. The molecule has 0 saturated heterocycles. The van der Waals surface area contributed by atoms with Crippen molar-refractivity contribution < 1.29 is 27.5 Å². The summed E-state index contributed by atoms with van der Waals surface area (Å²) in [6, 6.07) is 18.4. The molecule has 10 heteroatoms. The highest BCUT2D eigenvalue weighted by atomic mass is 35.5. The third-order valence-electron chi connectivity index (χ3n) is 4.65. The highest BCUT2D eigenvalue weighted by Crippen LogP contribution is 2.32. The molecule has 0 bridgehead atoms. The van der Waals surface area contributed by atoms with Crippen molar-refractivity contribution in [3.05, 3.63) is 83.4 Å². The number of methoxy groups -OCH3 is 2. The first-order valence-corrected chi connectivity index (χ1v) is 11.5. The lowest BCUT2D eigenvalue weighted by Crippen LogP contribution is -2.38. The molecule has 0 aromatic heterocycles. The van der Waals surface area contributed by atoms with Gasteiger partial charge in [0, 0.05) is 0 Å². The van der Waals surface area contributed by atoms with Crippen molar-refractivity contribution in [2.24, 2.45) is 0 Å². The molecule has 3 rings (SSSR count). The largest absolute Gasteiger partial charge is 0.495 e. The van der Waals surface area contributed by atoms with Crippen molar-refractivity contribution in [2.75, 3.05) is 30.4 Å². The lowest BCUT2D eigenvalue weighted by atomic mass is 10.2. The molecule has 0 heterocycles. The summed E-state index contributed by atoms with van der Waals surface area (Å²) >= 11 is 6.21. The number of benzene rings is 3. The van der Waals surface area contributed by atoms with Gasteiger partial charge in [0.1, 0.15) is 12.3 Å². The Hall–Kier alpha value is -3.56. The SMILES string of the molecule is COC(=O)c1ccccc1NC(=O)CN(c1ccc(OC)c(Cl)c1)S(=O)(=O)c1ccccc1. The van der Waals surface area contributed by atoms with Crippen LogP contribution in [0.25, 0.3) is 0 Å². The molecule has 0 aliphatic rings. The minimum Gasteiger partial charge on any atom is -0.495 e. The number of rotatable bonds is 8. The van der Waals surface area contributed by atoms with Crippen LogP contribution in [-0.2, 0) is 19.6 Å². The second-order valence-corrected chi connectivity index (χ2v) is 9.00. The first kappa shape index (κ1) is 24.1. The van der Waals surface area contributed by atoms with Crippen molar-refractivity contribution >= 4 is 44.9 Å². The van der Waals surface area contributed by atoms with Gasteiger partial charge in [0.15, 0.2) is 0 Å². The van der Waals surface area contributed by atoms with E-state index < -0.39 is 28.4 Å². The predicted octanol–water partition coefficient (Wildman–Crippen LogP) is 3.97. The van der Waals surface area contributed by atoms with Gasteiger partial charge in [-0.05, 0) is 42.5 Å². The Morgan fingerprint density at radius 3 is 2.27 bits per heavy atom. The normalized spacial score (nSPS) is 10.9. The molecule has 0 spiro atoms. The van der Waals surface area contributed by atoms with Crippen LogP contribution in [0.3, 0.4) is 0 Å². The molecule has 33 heavy (non-hydrogen) atoms. The number of anilines is 2. The molecule has 3 aromatic carbocycles. The zero-order valence-electron chi connectivity index (χ0n) is 17.8. The summed E-state index contributed by atoms with van der Waals surface area (Å²) < 4.78 is 37.6. The fraction of sp³-hybridized carbons (Fsp3) is 0.130. The summed E-state index contributed by atoms with van der Waals surface area (Å²) in [6.45, 7) is -0.574. The Labute approximate surface area is 196 Å². The smallest absolute Gasteiger partial charge is 0.339 e. The number of halogens is 1. The van der Waals surface area contributed by atoms with Crippen LogP contribution in [-0.4, -0.2) is 41.1 Å². The maximum Gasteiger partial charge on any atom is 0.339 e. The molecule has 1 N–H and O–H groups in total. The number of esters is 1. The topological polar surface area (TPSA) is 102 Å². The van der Waals surface area contributed by atoms with Crippen LogP contribution in [0, 0.1) is 0 Å². The van der Waals surface area contributed by atoms with E-state index in [1.807, 2.05) is 0 Å². The van der Waals surface area contributed by atoms with Crippen molar-refractivity contribution in [3.63, 3.8) is 0 Å². The van der Waals surface area contributed by atoms with Gasteiger partial charge in [0.25, 0.3) is 10.0 Å². The predicted molar refractivity (Wildman–Crippen MR) is 125 cm³/mol. The van der Waals surface area contributed by atoms with E-state index >= 15 is 0 Å². The standard InChI is InChI=1S/C23H21ClN2O6S/c1-31-21-13-12-16(14-19(21)24)26(33(29,30)17-8-4-3-5-9-17)15-22(27)25-20-11-7-6-10-18(20)23(28)32-2/h3-14H,15H2,1-2H3,(H,25,27). The third-order valence-corrected chi connectivity index (χ3v) is 6.73. The molecule has 0 fully saturated rings. The van der Waals surface area contributed by atoms with Crippen molar-refractivity contribution in [2.45, 2.75) is 4.90 Å². The highest BCUT2D eigenvalue weighted by Gasteiger charge is 2.28. The summed E-state index contributed by atoms with van der Waals surface area (Å²) in [6.07, 6.45) is 0. The van der Waals surface area contributed by atoms with Crippen LogP contribution in [0.4, 0.5) is 11.4 Å². The number of amides is 1. The molecule has 0 aliphatic heterocycles. The van der Waals surface area contributed by atoms with E-state index in [0.29, 0.717) is 5.75 Å². The van der Waals surface area contributed by atoms with E-state index in [9.17, 15) is 18.0 Å². The van der Waals surface area contributed by atoms with E-state index in [-0.39, 0.29) is 26.9 Å². The fourth-order valence-electron chi connectivity index (χ4n) is 3.05. The number of hydrogen-bond acceptors (Lipinski definition) is 6. The molecule has 0 radical (unpaired) electrons. The van der Waals surface area contributed by atoms with Gasteiger partial charge in [0.2, 0.25) is 5.91 Å². The number of ether oxygens (including phenoxy) is 2. The van der Waals surface area contributed by atoms with E-state index in [1.165, 1.54) is 56.7 Å². The summed E-state index contributed by atoms with van der Waals surface area (Å²) in [5.74, 6) is -0.951. The molecular formula is C23H21ClN2O6S. The van der Waals surface area contributed by atoms with E-state index in [2.05, 4.69) is 5.32 Å². The zero-order valence-corrected chi connectivity index (χ0v) is 19.4. The molecule has 0 aliphatic carbocycles. The Balaban J connectivity index is 1.98. The molecule has 8 nitrogen and oxygen atoms in total. The van der Waals surface area contributed by atoms with Gasteiger partial charge in [-0.15, -0.1) is 0 Å². The number of carbonyl (C=O) groups is 2. The minimum atomic E-state index is -4.13. The van der Waals surface area contributed by atoms with E-state index in [1.54, 1.807) is 30.3 Å². The van der Waals surface area contributed by atoms with Crippen molar-refractivity contribution in [1.82, 2.24) is 0 Å². The lowest BCUT2D eigenvalue weighted by molar-refractivity contribution is -0.114. The van der Waals surface area contributed by atoms with Gasteiger partial charge in [-0.3, -0.25) is 9.10 Å². The average Bonchev–Trinajstić information content (AvgIpc) is 2.82. The Bertz CT molecular complexity index is 1260. The van der Waals surface area contributed by atoms with Gasteiger partial charge in [0.05, 0.1) is 41.1 Å². The quantitative estimate of drug-likeness (QED) is 0.481. The molecule has 1 amide bonds. The second kappa shape index (κ2) is 10.4. The summed E-state index contributed by atoms with van der Waals surface area (Å²) in [4.78, 5) is 24.9. The monoisotopic (exact) mass is 488 g/mol. The molecule has 0 unspecified atom stereocenters. The van der Waals surface area contributed by atoms with Crippen molar-refractivity contribution in [3.8, 4) is 5.75 Å². The number of nitrogens with zero attached hydrogens (tertiary/aromatic N) is 1. The van der Waals surface area contributed by atoms with Crippen LogP contribution < -0.4 is 14.4 Å². The average molecular weight is 489 g/mol. The van der Waals surface area contributed by atoms with Crippen molar-refractivity contribution in [1.29, 1.82) is 0 Å². The third kappa shape index (κ3) is 5.44. The van der Waals surface area contributed by atoms with Gasteiger partial charge in [-0.2, -0.15) is 0 Å². The van der Waals surface area contributed by atoms with Gasteiger partial charge < -0.3 is 14.8 Å². The maximum atomic E-state index is 13.4. The number of sulfonamides is 1. The first-order chi connectivity index (χ1) is 15.8. The summed E-state index contributed by atoms with van der Waals surface area (Å²) in [5, 5.41) is 2.76. The maximum absolute atomic E-state index is 13.4. The highest BCUT2D eigenvalue weighted by molar-refractivity contribution is 7.92. The van der Waals surface area contributed by atoms with Crippen LogP contribution in [0.5, 0.6) is 5.75 Å². The van der Waals surface area contributed by atoms with Gasteiger partial charge >= 0.3 is 5.97 Å². The number of para-hydroxylation sites is 1. The molecule has 0 saturated carbocycles. The Morgan fingerprint density at radius 1 is 0.970 bits per heavy atom. The fourth-order valence-corrected chi connectivity index (χ4v) is 4.73. The van der Waals surface area contributed by atoms with Crippen LogP contribution in [0.2, 0.25) is 5.02 Å². The van der Waals surface area contributed by atoms with Crippen LogP contribution >= 0.6 is 11.6 Å². The Kier molecular flexibility index (Phi) is 7.57. The summed E-state index contributed by atoms with van der Waals surface area (Å²) in [5.41, 5.74) is 0.499.